The summed E-state index contributed by atoms with van der Waals surface area (Å²) in [5, 5.41) is 3.85. The lowest BCUT2D eigenvalue weighted by atomic mass is 10.0. The number of carbonyl (C=O) groups is 1. The zero-order chi connectivity index (χ0) is 18.1. The Morgan fingerprint density at radius 3 is 2.73 bits per heavy atom. The van der Waals surface area contributed by atoms with Gasteiger partial charge in [0.1, 0.15) is 11.6 Å². The zero-order valence-corrected chi connectivity index (χ0v) is 14.6. The van der Waals surface area contributed by atoms with Crippen LogP contribution in [0.15, 0.2) is 63.8 Å². The Bertz CT molecular complexity index is 1010. The second-order valence-electron chi connectivity index (χ2n) is 6.67. The molecular formula is C21H20N2O3. The third-order valence-electron chi connectivity index (χ3n) is 4.79. The van der Waals surface area contributed by atoms with Crippen molar-refractivity contribution in [2.75, 3.05) is 13.1 Å². The Labute approximate surface area is 151 Å². The van der Waals surface area contributed by atoms with E-state index in [9.17, 15) is 9.59 Å². The van der Waals surface area contributed by atoms with Crippen molar-refractivity contribution >= 4 is 16.9 Å². The number of fused-ring (bicyclic) bond motifs is 1. The maximum Gasteiger partial charge on any atom is 0.336 e. The molecule has 0 unspecified atom stereocenters. The zero-order valence-electron chi connectivity index (χ0n) is 14.6. The van der Waals surface area contributed by atoms with Gasteiger partial charge in [0.05, 0.1) is 0 Å². The molecule has 1 aliphatic rings. The summed E-state index contributed by atoms with van der Waals surface area (Å²) in [5.41, 5.74) is 3.10. The smallest absolute Gasteiger partial charge is 0.336 e. The fourth-order valence-electron chi connectivity index (χ4n) is 3.57. The van der Waals surface area contributed by atoms with Crippen LogP contribution in [0, 0.1) is 6.92 Å². The van der Waals surface area contributed by atoms with Crippen LogP contribution in [-0.4, -0.2) is 23.9 Å². The molecule has 0 bridgehead atoms. The minimum atomic E-state index is -0.365. The molecule has 2 aromatic carbocycles. The Morgan fingerprint density at radius 2 is 1.92 bits per heavy atom. The summed E-state index contributed by atoms with van der Waals surface area (Å²) in [7, 11) is 0. The molecule has 5 heteroatoms. The number of hydrogen-bond donors (Lipinski definition) is 1. The Hall–Kier alpha value is -2.92. The van der Waals surface area contributed by atoms with Gasteiger partial charge in [-0.2, -0.15) is 0 Å². The topological polar surface area (TPSA) is 62.6 Å². The van der Waals surface area contributed by atoms with Crippen molar-refractivity contribution < 1.29 is 9.21 Å². The van der Waals surface area contributed by atoms with Gasteiger partial charge in [-0.15, -0.1) is 0 Å². The van der Waals surface area contributed by atoms with E-state index in [1.54, 1.807) is 0 Å². The molecule has 1 N–H and O–H groups in total. The third-order valence-corrected chi connectivity index (χ3v) is 4.79. The van der Waals surface area contributed by atoms with Crippen molar-refractivity contribution in [3.8, 4) is 0 Å². The standard InChI is InChI=1S/C21H20N2O3/c1-14-7-8-17-16(12-19(24)26-18(17)11-14)13-23-10-9-22-21(25)20(23)15-5-3-2-4-6-15/h2-8,11-12,20H,9-10,13H2,1H3,(H,22,25)/t20-/m1/s1. The molecular weight excluding hydrogens is 328 g/mol. The van der Waals surface area contributed by atoms with Gasteiger partial charge in [0.25, 0.3) is 0 Å². The van der Waals surface area contributed by atoms with Gasteiger partial charge in [0, 0.05) is 31.1 Å². The molecule has 1 fully saturated rings. The molecule has 26 heavy (non-hydrogen) atoms. The summed E-state index contributed by atoms with van der Waals surface area (Å²) in [5.74, 6) is -0.00874. The van der Waals surface area contributed by atoms with Crippen molar-refractivity contribution in [3.63, 3.8) is 0 Å². The highest BCUT2D eigenvalue weighted by Gasteiger charge is 2.31. The largest absolute Gasteiger partial charge is 0.423 e. The summed E-state index contributed by atoms with van der Waals surface area (Å²) >= 11 is 0. The van der Waals surface area contributed by atoms with Crippen LogP contribution >= 0.6 is 0 Å². The number of piperazine rings is 1. The van der Waals surface area contributed by atoms with Gasteiger partial charge in [0.2, 0.25) is 5.91 Å². The summed E-state index contributed by atoms with van der Waals surface area (Å²) in [6, 6.07) is 16.8. The monoisotopic (exact) mass is 348 g/mol. The minimum absolute atomic E-state index is 0.00874. The van der Waals surface area contributed by atoms with Gasteiger partial charge < -0.3 is 9.73 Å². The van der Waals surface area contributed by atoms with Gasteiger partial charge in [-0.25, -0.2) is 4.79 Å². The Balaban J connectivity index is 1.74. The highest BCUT2D eigenvalue weighted by molar-refractivity contribution is 5.84. The van der Waals surface area contributed by atoms with E-state index in [1.807, 2.05) is 55.5 Å². The summed E-state index contributed by atoms with van der Waals surface area (Å²) < 4.78 is 5.35. The maximum absolute atomic E-state index is 12.5. The van der Waals surface area contributed by atoms with E-state index in [-0.39, 0.29) is 17.6 Å². The van der Waals surface area contributed by atoms with Crippen molar-refractivity contribution in [1.82, 2.24) is 10.2 Å². The first kappa shape index (κ1) is 16.5. The molecule has 1 amide bonds. The number of hydrogen-bond acceptors (Lipinski definition) is 4. The third kappa shape index (κ3) is 3.13. The molecule has 3 aromatic rings. The van der Waals surface area contributed by atoms with Crippen molar-refractivity contribution in [1.29, 1.82) is 0 Å². The minimum Gasteiger partial charge on any atom is -0.423 e. The summed E-state index contributed by atoms with van der Waals surface area (Å²) in [6.45, 7) is 3.80. The first-order valence-electron chi connectivity index (χ1n) is 8.72. The average Bonchev–Trinajstić information content (AvgIpc) is 2.62. The van der Waals surface area contributed by atoms with Crippen LogP contribution in [0.2, 0.25) is 0 Å². The molecule has 0 aliphatic carbocycles. The average molecular weight is 348 g/mol. The second-order valence-corrected chi connectivity index (χ2v) is 6.67. The van der Waals surface area contributed by atoms with E-state index in [0.29, 0.717) is 18.7 Å². The normalized spacial score (nSPS) is 18.0. The lowest BCUT2D eigenvalue weighted by molar-refractivity contribution is -0.129. The molecule has 2 heterocycles. The molecule has 132 valence electrons. The molecule has 1 aliphatic heterocycles. The second kappa shape index (κ2) is 6.77. The molecule has 1 saturated heterocycles. The molecule has 1 atom stereocenters. The molecule has 4 rings (SSSR count). The number of aryl methyl sites for hydroxylation is 1. The van der Waals surface area contributed by atoms with Crippen LogP contribution in [0.3, 0.4) is 0 Å². The van der Waals surface area contributed by atoms with Gasteiger partial charge in [-0.1, -0.05) is 42.5 Å². The molecule has 1 aromatic heterocycles. The quantitative estimate of drug-likeness (QED) is 0.740. The van der Waals surface area contributed by atoms with Gasteiger partial charge in [0.15, 0.2) is 0 Å². The number of rotatable bonds is 3. The highest BCUT2D eigenvalue weighted by atomic mass is 16.4. The van der Waals surface area contributed by atoms with Gasteiger partial charge >= 0.3 is 5.63 Å². The fraction of sp³-hybridized carbons (Fsp3) is 0.238. The number of amides is 1. The lowest BCUT2D eigenvalue weighted by Gasteiger charge is -2.35. The molecule has 5 nitrogen and oxygen atoms in total. The van der Waals surface area contributed by atoms with Crippen LogP contribution in [0.25, 0.3) is 11.0 Å². The predicted molar refractivity (Wildman–Crippen MR) is 99.8 cm³/mol. The summed E-state index contributed by atoms with van der Waals surface area (Å²) in [4.78, 5) is 26.7. The van der Waals surface area contributed by atoms with E-state index in [2.05, 4.69) is 10.2 Å². The molecule has 0 spiro atoms. The SMILES string of the molecule is Cc1ccc2c(CN3CCNC(=O)[C@H]3c3ccccc3)cc(=O)oc2c1. The van der Waals surface area contributed by atoms with E-state index in [4.69, 9.17) is 4.42 Å². The van der Waals surface area contributed by atoms with E-state index < -0.39 is 0 Å². The first-order chi connectivity index (χ1) is 12.6. The number of nitrogens with one attached hydrogen (secondary N) is 1. The van der Waals surface area contributed by atoms with Crippen molar-refractivity contribution in [3.05, 3.63) is 81.7 Å². The fourth-order valence-corrected chi connectivity index (χ4v) is 3.57. The van der Waals surface area contributed by atoms with E-state index >= 15 is 0 Å². The van der Waals surface area contributed by atoms with Crippen LogP contribution in [0.5, 0.6) is 0 Å². The van der Waals surface area contributed by atoms with Gasteiger partial charge in [-0.05, 0) is 29.7 Å². The Kier molecular flexibility index (Phi) is 4.31. The van der Waals surface area contributed by atoms with Crippen LogP contribution in [0.1, 0.15) is 22.7 Å². The van der Waals surface area contributed by atoms with Gasteiger partial charge in [-0.3, -0.25) is 9.69 Å². The lowest BCUT2D eigenvalue weighted by Crippen LogP contribution is -2.49. The first-order valence-corrected chi connectivity index (χ1v) is 8.72. The van der Waals surface area contributed by atoms with Crippen molar-refractivity contribution in [2.45, 2.75) is 19.5 Å². The Morgan fingerprint density at radius 1 is 1.12 bits per heavy atom. The number of carbonyl (C=O) groups excluding carboxylic acids is 1. The maximum atomic E-state index is 12.5. The highest BCUT2D eigenvalue weighted by Crippen LogP contribution is 2.27. The summed E-state index contributed by atoms with van der Waals surface area (Å²) in [6.07, 6.45) is 0. The molecule has 0 saturated carbocycles. The number of benzene rings is 2. The van der Waals surface area contributed by atoms with Crippen LogP contribution < -0.4 is 10.9 Å². The predicted octanol–water partition coefficient (Wildman–Crippen LogP) is 2.77. The van der Waals surface area contributed by atoms with Crippen LogP contribution in [-0.2, 0) is 11.3 Å². The van der Waals surface area contributed by atoms with Crippen molar-refractivity contribution in [2.24, 2.45) is 0 Å². The van der Waals surface area contributed by atoms with E-state index in [0.717, 1.165) is 28.6 Å². The van der Waals surface area contributed by atoms with Crippen LogP contribution in [0.4, 0.5) is 0 Å². The molecule has 0 radical (unpaired) electrons. The van der Waals surface area contributed by atoms with E-state index in [1.165, 1.54) is 6.07 Å². The number of nitrogens with zero attached hydrogens (tertiary/aromatic N) is 1.